The fourth-order valence-electron chi connectivity index (χ4n) is 0.783. The van der Waals surface area contributed by atoms with E-state index in [1.807, 2.05) is 5.43 Å². The molecule has 64 valence electrons. The van der Waals surface area contributed by atoms with Crippen LogP contribution in [0, 0.1) is 15.9 Å². The molecule has 0 bridgehead atoms. The second kappa shape index (κ2) is 3.14. The number of nitro groups is 1. The zero-order chi connectivity index (χ0) is 9.14. The third-order valence-corrected chi connectivity index (χ3v) is 1.31. The molecule has 0 aromatic heterocycles. The monoisotopic (exact) mass is 171 g/mol. The maximum absolute atomic E-state index is 12.5. The van der Waals surface area contributed by atoms with Crippen molar-refractivity contribution in [2.24, 2.45) is 5.84 Å². The van der Waals surface area contributed by atoms with Gasteiger partial charge in [0, 0.05) is 12.1 Å². The van der Waals surface area contributed by atoms with Gasteiger partial charge in [-0.15, -0.1) is 0 Å². The van der Waals surface area contributed by atoms with Crippen LogP contribution in [0.5, 0.6) is 0 Å². The third-order valence-electron chi connectivity index (χ3n) is 1.31. The summed E-state index contributed by atoms with van der Waals surface area (Å²) >= 11 is 0. The number of benzene rings is 1. The van der Waals surface area contributed by atoms with E-state index in [0.717, 1.165) is 18.2 Å². The van der Waals surface area contributed by atoms with E-state index in [1.165, 1.54) is 0 Å². The molecule has 0 fully saturated rings. The fourth-order valence-corrected chi connectivity index (χ4v) is 0.783. The Morgan fingerprint density at radius 2 is 2.25 bits per heavy atom. The molecular weight excluding hydrogens is 165 g/mol. The van der Waals surface area contributed by atoms with Crippen LogP contribution in [0.1, 0.15) is 0 Å². The molecule has 0 atom stereocenters. The Morgan fingerprint density at radius 3 is 2.75 bits per heavy atom. The molecule has 1 aromatic carbocycles. The molecule has 12 heavy (non-hydrogen) atoms. The van der Waals surface area contributed by atoms with Crippen LogP contribution >= 0.6 is 0 Å². The van der Waals surface area contributed by atoms with E-state index in [0.29, 0.717) is 0 Å². The minimum absolute atomic E-state index is 0.0417. The Balaban J connectivity index is 3.20. The average molecular weight is 171 g/mol. The van der Waals surface area contributed by atoms with Crippen molar-refractivity contribution in [3.63, 3.8) is 0 Å². The SMILES string of the molecule is NNc1cc(F)ccc1[N+](=O)[O-]. The molecule has 3 N–H and O–H groups in total. The number of anilines is 1. The lowest BCUT2D eigenvalue weighted by Crippen LogP contribution is -2.09. The summed E-state index contributed by atoms with van der Waals surface area (Å²) < 4.78 is 12.5. The van der Waals surface area contributed by atoms with Crippen LogP contribution in [0.25, 0.3) is 0 Å². The molecule has 0 saturated carbocycles. The molecule has 0 aliphatic heterocycles. The quantitative estimate of drug-likeness (QED) is 0.395. The van der Waals surface area contributed by atoms with Gasteiger partial charge in [-0.1, -0.05) is 0 Å². The molecule has 0 heterocycles. The first-order valence-corrected chi connectivity index (χ1v) is 3.05. The summed E-state index contributed by atoms with van der Waals surface area (Å²) in [4.78, 5) is 9.64. The molecule has 0 aliphatic carbocycles. The number of nitrogens with two attached hydrogens (primary N) is 1. The molecule has 0 radical (unpaired) electrons. The van der Waals surface area contributed by atoms with E-state index < -0.39 is 10.7 Å². The highest BCUT2D eigenvalue weighted by Crippen LogP contribution is 2.23. The van der Waals surface area contributed by atoms with E-state index in [2.05, 4.69) is 0 Å². The molecule has 0 amide bonds. The van der Waals surface area contributed by atoms with E-state index in [1.54, 1.807) is 0 Å². The lowest BCUT2D eigenvalue weighted by Gasteiger charge is -2.00. The lowest BCUT2D eigenvalue weighted by atomic mass is 10.2. The summed E-state index contributed by atoms with van der Waals surface area (Å²) in [5.74, 6) is 4.36. The van der Waals surface area contributed by atoms with Crippen LogP contribution in [0.2, 0.25) is 0 Å². The zero-order valence-electron chi connectivity index (χ0n) is 5.95. The Labute approximate surface area is 67.1 Å². The van der Waals surface area contributed by atoms with Gasteiger partial charge in [-0.05, 0) is 6.07 Å². The topological polar surface area (TPSA) is 81.2 Å². The molecular formula is C6H6FN3O2. The summed E-state index contributed by atoms with van der Waals surface area (Å²) in [6, 6.07) is 3.00. The summed E-state index contributed by atoms with van der Waals surface area (Å²) in [5.41, 5.74) is 1.74. The van der Waals surface area contributed by atoms with E-state index in [9.17, 15) is 14.5 Å². The average Bonchev–Trinajstić information content (AvgIpc) is 2.03. The van der Waals surface area contributed by atoms with Crippen LogP contribution in [-0.4, -0.2) is 4.92 Å². The normalized spacial score (nSPS) is 9.50. The first-order valence-electron chi connectivity index (χ1n) is 3.05. The molecule has 0 unspecified atom stereocenters. The first-order chi connectivity index (χ1) is 5.65. The molecule has 5 nitrogen and oxygen atoms in total. The second-order valence-electron chi connectivity index (χ2n) is 2.06. The number of nitrogen functional groups attached to an aromatic ring is 1. The van der Waals surface area contributed by atoms with E-state index >= 15 is 0 Å². The molecule has 1 rings (SSSR count). The molecule has 0 aliphatic rings. The maximum Gasteiger partial charge on any atom is 0.293 e. The second-order valence-corrected chi connectivity index (χ2v) is 2.06. The van der Waals surface area contributed by atoms with Gasteiger partial charge < -0.3 is 5.43 Å². The van der Waals surface area contributed by atoms with Gasteiger partial charge in [0.1, 0.15) is 11.5 Å². The van der Waals surface area contributed by atoms with Gasteiger partial charge in [0.2, 0.25) is 0 Å². The maximum atomic E-state index is 12.5. The smallest absolute Gasteiger partial charge is 0.293 e. The highest BCUT2D eigenvalue weighted by molar-refractivity contribution is 5.60. The molecule has 1 aromatic rings. The molecule has 0 saturated heterocycles. The third kappa shape index (κ3) is 1.48. The zero-order valence-corrected chi connectivity index (χ0v) is 5.95. The predicted octanol–water partition coefficient (Wildman–Crippen LogP) is 1.02. The van der Waals surface area contributed by atoms with Crippen molar-refractivity contribution in [3.05, 3.63) is 34.1 Å². The number of nitrogens with one attached hydrogen (secondary N) is 1. The number of rotatable bonds is 2. The van der Waals surface area contributed by atoms with Crippen LogP contribution in [0.4, 0.5) is 15.8 Å². The summed E-state index contributed by atoms with van der Waals surface area (Å²) in [5, 5.41) is 10.3. The van der Waals surface area contributed by atoms with Crippen molar-refractivity contribution >= 4 is 11.4 Å². The number of hydrazine groups is 1. The number of hydrogen-bond donors (Lipinski definition) is 2. The van der Waals surface area contributed by atoms with Crippen molar-refractivity contribution in [1.82, 2.24) is 0 Å². The van der Waals surface area contributed by atoms with Gasteiger partial charge in [0.15, 0.2) is 0 Å². The first kappa shape index (κ1) is 8.41. The van der Waals surface area contributed by atoms with Crippen LogP contribution in [0.3, 0.4) is 0 Å². The van der Waals surface area contributed by atoms with E-state index in [4.69, 9.17) is 5.84 Å². The van der Waals surface area contributed by atoms with Gasteiger partial charge in [-0.25, -0.2) is 4.39 Å². The van der Waals surface area contributed by atoms with Gasteiger partial charge in [0.05, 0.1) is 4.92 Å². The van der Waals surface area contributed by atoms with Crippen molar-refractivity contribution in [3.8, 4) is 0 Å². The van der Waals surface area contributed by atoms with Gasteiger partial charge >= 0.3 is 0 Å². The Hall–Kier alpha value is -1.69. The van der Waals surface area contributed by atoms with E-state index in [-0.39, 0.29) is 11.4 Å². The number of halogens is 1. The predicted molar refractivity (Wildman–Crippen MR) is 40.9 cm³/mol. The van der Waals surface area contributed by atoms with Crippen LogP contribution in [-0.2, 0) is 0 Å². The van der Waals surface area contributed by atoms with Crippen LogP contribution in [0.15, 0.2) is 18.2 Å². The highest BCUT2D eigenvalue weighted by Gasteiger charge is 2.12. The molecule has 0 spiro atoms. The highest BCUT2D eigenvalue weighted by atomic mass is 19.1. The van der Waals surface area contributed by atoms with Crippen LogP contribution < -0.4 is 11.3 Å². The number of hydrogen-bond acceptors (Lipinski definition) is 4. The Morgan fingerprint density at radius 1 is 1.58 bits per heavy atom. The van der Waals surface area contributed by atoms with Crippen molar-refractivity contribution in [2.75, 3.05) is 5.43 Å². The summed E-state index contributed by atoms with van der Waals surface area (Å²) in [6.45, 7) is 0. The van der Waals surface area contributed by atoms with Crippen molar-refractivity contribution < 1.29 is 9.31 Å². The van der Waals surface area contributed by atoms with Gasteiger partial charge in [0.25, 0.3) is 5.69 Å². The Kier molecular flexibility index (Phi) is 2.20. The minimum atomic E-state index is -0.644. The summed E-state index contributed by atoms with van der Waals surface area (Å²) in [6.07, 6.45) is 0. The minimum Gasteiger partial charge on any atom is -0.318 e. The largest absolute Gasteiger partial charge is 0.318 e. The van der Waals surface area contributed by atoms with Gasteiger partial charge in [-0.2, -0.15) is 0 Å². The molecule has 6 heteroatoms. The standard InChI is InChI=1S/C6H6FN3O2/c7-4-1-2-6(10(11)12)5(3-4)9-8/h1-3,9H,8H2. The van der Waals surface area contributed by atoms with Gasteiger partial charge in [-0.3, -0.25) is 16.0 Å². The lowest BCUT2D eigenvalue weighted by molar-refractivity contribution is -0.384. The number of nitro benzene ring substituents is 1. The summed E-state index contributed by atoms with van der Waals surface area (Å²) in [7, 11) is 0. The fraction of sp³-hybridized carbons (Fsp3) is 0. The van der Waals surface area contributed by atoms with Crippen molar-refractivity contribution in [1.29, 1.82) is 0 Å². The Bertz CT molecular complexity index is 316. The number of nitrogens with zero attached hydrogens (tertiary/aromatic N) is 1. The van der Waals surface area contributed by atoms with Crippen molar-refractivity contribution in [2.45, 2.75) is 0 Å².